The molecule has 0 radical (unpaired) electrons. The van der Waals surface area contributed by atoms with E-state index >= 15 is 0 Å². The van der Waals surface area contributed by atoms with Gasteiger partial charge in [-0.3, -0.25) is 9.79 Å². The molecular formula is C20H17ClN2O3. The average Bonchev–Trinajstić information content (AvgIpc) is 3.12. The van der Waals surface area contributed by atoms with Gasteiger partial charge in [0.15, 0.2) is 17.3 Å². The first-order chi connectivity index (χ1) is 12.6. The summed E-state index contributed by atoms with van der Waals surface area (Å²) in [5, 5.41) is 10.4. The van der Waals surface area contributed by atoms with Crippen molar-refractivity contribution in [3.05, 3.63) is 71.0 Å². The smallest absolute Gasteiger partial charge is 0.200 e. The number of methoxy groups -OCH3 is 1. The lowest BCUT2D eigenvalue weighted by Gasteiger charge is -2.02. The number of rotatable bonds is 6. The molecular weight excluding hydrogens is 352 g/mol. The molecule has 1 heterocycles. The van der Waals surface area contributed by atoms with Crippen LogP contribution in [0.4, 0.5) is 0 Å². The van der Waals surface area contributed by atoms with E-state index in [0.29, 0.717) is 22.0 Å². The highest BCUT2D eigenvalue weighted by molar-refractivity contribution is 6.30. The highest BCUT2D eigenvalue weighted by Gasteiger charge is 2.09. The number of carbonyl (C=O) groups excluding carboxylic acids is 1. The number of aromatic hydroxyl groups is 1. The molecule has 0 atom stereocenters. The molecule has 132 valence electrons. The monoisotopic (exact) mass is 368 g/mol. The molecule has 0 aliphatic heterocycles. The number of nitrogens with zero attached hydrogens (tertiary/aromatic N) is 1. The Morgan fingerprint density at radius 1 is 1.19 bits per heavy atom. The molecule has 0 aliphatic carbocycles. The number of benzene rings is 2. The zero-order valence-electron chi connectivity index (χ0n) is 14.1. The lowest BCUT2D eigenvalue weighted by Crippen LogP contribution is -2.03. The fraction of sp³-hybridized carbons (Fsp3) is 0.100. The van der Waals surface area contributed by atoms with Gasteiger partial charge < -0.3 is 14.8 Å². The van der Waals surface area contributed by atoms with E-state index in [-0.39, 0.29) is 18.1 Å². The second-order valence-electron chi connectivity index (χ2n) is 5.63. The van der Waals surface area contributed by atoms with Gasteiger partial charge >= 0.3 is 0 Å². The number of phenolic OH excluding ortho intramolecular Hbond substituents is 1. The third kappa shape index (κ3) is 4.13. The van der Waals surface area contributed by atoms with Crippen molar-refractivity contribution in [3.8, 4) is 22.6 Å². The summed E-state index contributed by atoms with van der Waals surface area (Å²) in [6.45, 7) is 0.00730. The normalized spacial score (nSPS) is 11.0. The van der Waals surface area contributed by atoms with Crippen molar-refractivity contribution >= 4 is 23.6 Å². The molecule has 0 fully saturated rings. The van der Waals surface area contributed by atoms with Gasteiger partial charge in [0, 0.05) is 17.4 Å². The van der Waals surface area contributed by atoms with Crippen LogP contribution in [0, 0.1) is 0 Å². The standard InChI is InChI=1S/C20H17ClN2O3/c1-26-20-7-2-13(8-18(20)24)10-22-12-19(25)17-9-15(11-23-17)14-3-5-16(21)6-4-14/h2-11,23-24H,12H2,1H3. The number of hydrogen-bond acceptors (Lipinski definition) is 4. The Bertz CT molecular complexity index is 946. The number of Topliss-reactive ketones (excluding diaryl/α,β-unsaturated/α-hetero) is 1. The first-order valence-electron chi connectivity index (χ1n) is 7.91. The van der Waals surface area contributed by atoms with Gasteiger partial charge in [0.2, 0.25) is 0 Å². The number of phenols is 1. The van der Waals surface area contributed by atoms with Crippen LogP contribution in [0.25, 0.3) is 11.1 Å². The van der Waals surface area contributed by atoms with Gasteiger partial charge in [-0.05, 0) is 53.1 Å². The van der Waals surface area contributed by atoms with Crippen molar-refractivity contribution in [2.75, 3.05) is 13.7 Å². The predicted octanol–water partition coefficient (Wildman–Crippen LogP) is 4.35. The summed E-state index contributed by atoms with van der Waals surface area (Å²) >= 11 is 5.89. The molecule has 26 heavy (non-hydrogen) atoms. The average molecular weight is 369 g/mol. The first-order valence-corrected chi connectivity index (χ1v) is 8.29. The van der Waals surface area contributed by atoms with Crippen LogP contribution in [-0.2, 0) is 0 Å². The van der Waals surface area contributed by atoms with E-state index in [9.17, 15) is 9.90 Å². The molecule has 2 N–H and O–H groups in total. The maximum absolute atomic E-state index is 12.3. The zero-order valence-corrected chi connectivity index (χ0v) is 14.8. The number of aromatic amines is 1. The Kier molecular flexibility index (Phi) is 5.39. The van der Waals surface area contributed by atoms with E-state index in [2.05, 4.69) is 9.98 Å². The largest absolute Gasteiger partial charge is 0.504 e. The third-order valence-electron chi connectivity index (χ3n) is 3.84. The Morgan fingerprint density at radius 2 is 1.96 bits per heavy atom. The molecule has 2 aromatic carbocycles. The van der Waals surface area contributed by atoms with Crippen LogP contribution in [0.1, 0.15) is 16.1 Å². The van der Waals surface area contributed by atoms with Crippen LogP contribution in [-0.4, -0.2) is 35.7 Å². The second kappa shape index (κ2) is 7.89. The minimum Gasteiger partial charge on any atom is -0.504 e. The summed E-state index contributed by atoms with van der Waals surface area (Å²) in [5.41, 5.74) is 3.06. The molecule has 1 aromatic heterocycles. The van der Waals surface area contributed by atoms with Gasteiger partial charge in [0.25, 0.3) is 0 Å². The number of ketones is 1. The third-order valence-corrected chi connectivity index (χ3v) is 4.09. The lowest BCUT2D eigenvalue weighted by molar-refractivity contribution is 0.0998. The number of hydrogen-bond donors (Lipinski definition) is 2. The Labute approximate surface area is 155 Å². The first kappa shape index (κ1) is 17.8. The van der Waals surface area contributed by atoms with Crippen LogP contribution in [0.2, 0.25) is 5.02 Å². The number of H-pyrrole nitrogens is 1. The van der Waals surface area contributed by atoms with Gasteiger partial charge in [-0.15, -0.1) is 0 Å². The predicted molar refractivity (Wildman–Crippen MR) is 103 cm³/mol. The number of nitrogens with one attached hydrogen (secondary N) is 1. The van der Waals surface area contributed by atoms with Gasteiger partial charge in [-0.1, -0.05) is 23.7 Å². The molecule has 6 heteroatoms. The Balaban J connectivity index is 1.65. The molecule has 3 rings (SSSR count). The van der Waals surface area contributed by atoms with Crippen molar-refractivity contribution in [3.63, 3.8) is 0 Å². The Hall–Kier alpha value is -3.05. The summed E-state index contributed by atoms with van der Waals surface area (Å²) < 4.78 is 4.99. The van der Waals surface area contributed by atoms with E-state index in [1.54, 1.807) is 42.7 Å². The topological polar surface area (TPSA) is 74.7 Å². The van der Waals surface area contributed by atoms with E-state index in [1.807, 2.05) is 12.1 Å². The molecule has 0 bridgehead atoms. The molecule has 0 saturated heterocycles. The van der Waals surface area contributed by atoms with Gasteiger partial charge in [0.1, 0.15) is 6.54 Å². The van der Waals surface area contributed by atoms with E-state index in [0.717, 1.165) is 11.1 Å². The van der Waals surface area contributed by atoms with Gasteiger partial charge in [0.05, 0.1) is 12.8 Å². The SMILES string of the molecule is COc1ccc(C=NCC(=O)c2cc(-c3ccc(Cl)cc3)c[nH]2)cc1O. The number of ether oxygens (including phenoxy) is 1. The zero-order chi connectivity index (χ0) is 18.5. The molecule has 0 spiro atoms. The summed E-state index contributed by atoms with van der Waals surface area (Å²) in [6, 6.07) is 14.1. The molecule has 5 nitrogen and oxygen atoms in total. The minimum atomic E-state index is -0.126. The fourth-order valence-corrected chi connectivity index (χ4v) is 2.60. The summed E-state index contributed by atoms with van der Waals surface area (Å²) in [7, 11) is 1.48. The van der Waals surface area contributed by atoms with Crippen molar-refractivity contribution < 1.29 is 14.6 Å². The minimum absolute atomic E-state index is 0.00730. The van der Waals surface area contributed by atoms with Crippen molar-refractivity contribution in [2.24, 2.45) is 4.99 Å². The summed E-state index contributed by atoms with van der Waals surface area (Å²) in [5.74, 6) is 0.290. The number of aromatic nitrogens is 1. The van der Waals surface area contributed by atoms with Crippen LogP contribution in [0.5, 0.6) is 11.5 Å². The quantitative estimate of drug-likeness (QED) is 0.501. The van der Waals surface area contributed by atoms with Crippen LogP contribution < -0.4 is 4.74 Å². The van der Waals surface area contributed by atoms with Crippen molar-refractivity contribution in [2.45, 2.75) is 0 Å². The summed E-state index contributed by atoms with van der Waals surface area (Å²) in [4.78, 5) is 19.4. The number of aliphatic imine (C=N–C) groups is 1. The van der Waals surface area contributed by atoms with E-state index in [4.69, 9.17) is 16.3 Å². The molecule has 0 unspecified atom stereocenters. The Morgan fingerprint density at radius 3 is 2.65 bits per heavy atom. The van der Waals surface area contributed by atoms with E-state index < -0.39 is 0 Å². The molecule has 0 amide bonds. The highest BCUT2D eigenvalue weighted by atomic mass is 35.5. The van der Waals surface area contributed by atoms with Gasteiger partial charge in [-0.2, -0.15) is 0 Å². The van der Waals surface area contributed by atoms with Crippen molar-refractivity contribution in [1.29, 1.82) is 0 Å². The molecule has 3 aromatic rings. The van der Waals surface area contributed by atoms with E-state index in [1.165, 1.54) is 13.2 Å². The maximum atomic E-state index is 12.3. The molecule has 0 saturated carbocycles. The maximum Gasteiger partial charge on any atom is 0.200 e. The summed E-state index contributed by atoms with van der Waals surface area (Å²) in [6.07, 6.45) is 3.32. The lowest BCUT2D eigenvalue weighted by atomic mass is 10.1. The second-order valence-corrected chi connectivity index (χ2v) is 6.07. The number of halogens is 1. The van der Waals surface area contributed by atoms with Crippen molar-refractivity contribution in [1.82, 2.24) is 4.98 Å². The van der Waals surface area contributed by atoms with Gasteiger partial charge in [-0.25, -0.2) is 0 Å². The molecule has 0 aliphatic rings. The number of carbonyl (C=O) groups is 1. The highest BCUT2D eigenvalue weighted by Crippen LogP contribution is 2.25. The fourth-order valence-electron chi connectivity index (χ4n) is 2.47. The van der Waals surface area contributed by atoms with Crippen LogP contribution in [0.3, 0.4) is 0 Å². The van der Waals surface area contributed by atoms with Crippen LogP contribution in [0.15, 0.2) is 59.7 Å². The van der Waals surface area contributed by atoms with Crippen LogP contribution >= 0.6 is 11.6 Å².